The molecule has 1 aromatic carbocycles. The zero-order valence-electron chi connectivity index (χ0n) is 13.9. The zero-order valence-corrected chi connectivity index (χ0v) is 15.4. The Morgan fingerprint density at radius 1 is 1.16 bits per heavy atom. The highest BCUT2D eigenvalue weighted by molar-refractivity contribution is 6.35. The first-order valence-corrected chi connectivity index (χ1v) is 9.31. The summed E-state index contributed by atoms with van der Waals surface area (Å²) in [4.78, 5) is 16.5. The number of carbonyl (C=O) groups is 1. The van der Waals surface area contributed by atoms with Crippen molar-refractivity contribution in [2.75, 3.05) is 11.9 Å². The molecule has 0 radical (unpaired) electrons. The molecule has 0 atom stereocenters. The van der Waals surface area contributed by atoms with Crippen molar-refractivity contribution in [3.8, 4) is 0 Å². The molecule has 1 aliphatic carbocycles. The molecule has 1 heterocycles. The van der Waals surface area contributed by atoms with Gasteiger partial charge in [-0.15, -0.1) is 0 Å². The Morgan fingerprint density at radius 3 is 2.72 bits per heavy atom. The van der Waals surface area contributed by atoms with Gasteiger partial charge in [0.05, 0.1) is 11.3 Å². The number of rotatable bonds is 6. The second kappa shape index (κ2) is 8.54. The van der Waals surface area contributed by atoms with E-state index >= 15 is 0 Å². The summed E-state index contributed by atoms with van der Waals surface area (Å²) in [5.41, 5.74) is 2.42. The Hall–Kier alpha value is -1.78. The average molecular weight is 378 g/mol. The van der Waals surface area contributed by atoms with Crippen LogP contribution in [0.15, 0.2) is 36.7 Å². The van der Waals surface area contributed by atoms with Gasteiger partial charge in [0.2, 0.25) is 0 Å². The molecular weight excluding hydrogens is 357 g/mol. The van der Waals surface area contributed by atoms with Gasteiger partial charge in [-0.25, -0.2) is 0 Å². The normalized spacial score (nSPS) is 14.5. The van der Waals surface area contributed by atoms with Gasteiger partial charge in [0, 0.05) is 35.0 Å². The molecule has 0 spiro atoms. The molecule has 0 aliphatic heterocycles. The van der Waals surface area contributed by atoms with Crippen LogP contribution in [0.4, 0.5) is 5.69 Å². The van der Waals surface area contributed by atoms with Crippen LogP contribution in [0.5, 0.6) is 0 Å². The number of pyridine rings is 1. The maximum Gasteiger partial charge on any atom is 0.252 e. The molecule has 1 aromatic heterocycles. The van der Waals surface area contributed by atoms with E-state index in [0.29, 0.717) is 34.6 Å². The van der Waals surface area contributed by atoms with Gasteiger partial charge in [-0.2, -0.15) is 0 Å². The Labute approximate surface area is 157 Å². The molecule has 6 heteroatoms. The second-order valence-electron chi connectivity index (χ2n) is 6.33. The van der Waals surface area contributed by atoms with Gasteiger partial charge < -0.3 is 10.6 Å². The van der Waals surface area contributed by atoms with Crippen molar-refractivity contribution in [1.29, 1.82) is 0 Å². The monoisotopic (exact) mass is 377 g/mol. The second-order valence-corrected chi connectivity index (χ2v) is 7.17. The van der Waals surface area contributed by atoms with E-state index in [9.17, 15) is 4.79 Å². The van der Waals surface area contributed by atoms with Crippen LogP contribution < -0.4 is 10.6 Å². The first kappa shape index (κ1) is 18.0. The van der Waals surface area contributed by atoms with Gasteiger partial charge in [0.15, 0.2) is 0 Å². The van der Waals surface area contributed by atoms with Crippen LogP contribution >= 0.6 is 23.2 Å². The molecular formula is C19H21Cl2N3O. The molecule has 1 saturated carbocycles. The van der Waals surface area contributed by atoms with Crippen LogP contribution in [0.2, 0.25) is 10.0 Å². The molecule has 25 heavy (non-hydrogen) atoms. The molecule has 132 valence electrons. The van der Waals surface area contributed by atoms with Gasteiger partial charge in [-0.3, -0.25) is 9.78 Å². The first-order chi connectivity index (χ1) is 12.1. The number of hydrogen-bond acceptors (Lipinski definition) is 3. The zero-order chi connectivity index (χ0) is 17.6. The van der Waals surface area contributed by atoms with Crippen LogP contribution in [0.1, 0.15) is 41.6 Å². The summed E-state index contributed by atoms with van der Waals surface area (Å²) in [6, 6.07) is 7.74. The summed E-state index contributed by atoms with van der Waals surface area (Å²) in [6.07, 6.45) is 8.88. The Morgan fingerprint density at radius 2 is 1.96 bits per heavy atom. The third kappa shape index (κ3) is 5.10. The Bertz CT molecular complexity index is 745. The minimum Gasteiger partial charge on any atom is -0.381 e. The third-order valence-electron chi connectivity index (χ3n) is 4.42. The lowest BCUT2D eigenvalue weighted by atomic mass is 10.1. The standard InChI is InChI=1S/C19H21Cl2N3O/c20-15-6-5-13(18(21)10-15)7-8-23-19(25)14-9-17(12-22-11-14)24-16-3-1-2-4-16/h5-6,9-12,16,24H,1-4,7-8H2,(H,23,25). The van der Waals surface area contributed by atoms with Crippen LogP contribution in [0, 0.1) is 0 Å². The fraction of sp³-hybridized carbons (Fsp3) is 0.368. The largest absolute Gasteiger partial charge is 0.381 e. The third-order valence-corrected chi connectivity index (χ3v) is 5.01. The molecule has 0 saturated heterocycles. The molecule has 0 bridgehead atoms. The topological polar surface area (TPSA) is 54.0 Å². The highest BCUT2D eigenvalue weighted by Crippen LogP contribution is 2.23. The van der Waals surface area contributed by atoms with Gasteiger partial charge in [0.1, 0.15) is 0 Å². The number of nitrogens with one attached hydrogen (secondary N) is 2. The highest BCUT2D eigenvalue weighted by atomic mass is 35.5. The van der Waals surface area contributed by atoms with Crippen molar-refractivity contribution in [3.63, 3.8) is 0 Å². The summed E-state index contributed by atoms with van der Waals surface area (Å²) >= 11 is 12.0. The van der Waals surface area contributed by atoms with E-state index in [0.717, 1.165) is 11.3 Å². The molecule has 1 aliphatic rings. The number of halogens is 2. The predicted molar refractivity (Wildman–Crippen MR) is 103 cm³/mol. The average Bonchev–Trinajstić information content (AvgIpc) is 3.10. The lowest BCUT2D eigenvalue weighted by Gasteiger charge is -2.14. The number of carbonyl (C=O) groups excluding carboxylic acids is 1. The van der Waals surface area contributed by atoms with Crippen molar-refractivity contribution in [2.24, 2.45) is 0 Å². The summed E-state index contributed by atoms with van der Waals surface area (Å²) in [7, 11) is 0. The highest BCUT2D eigenvalue weighted by Gasteiger charge is 2.15. The Balaban J connectivity index is 1.54. The summed E-state index contributed by atoms with van der Waals surface area (Å²) in [5.74, 6) is -0.132. The molecule has 0 unspecified atom stereocenters. The number of aromatic nitrogens is 1. The smallest absolute Gasteiger partial charge is 0.252 e. The molecule has 1 amide bonds. The maximum absolute atomic E-state index is 12.3. The lowest BCUT2D eigenvalue weighted by molar-refractivity contribution is 0.0954. The van der Waals surface area contributed by atoms with E-state index in [-0.39, 0.29) is 5.91 Å². The fourth-order valence-corrected chi connectivity index (χ4v) is 3.59. The number of anilines is 1. The number of nitrogens with zero attached hydrogens (tertiary/aromatic N) is 1. The minimum atomic E-state index is -0.132. The molecule has 2 N–H and O–H groups in total. The van der Waals surface area contributed by atoms with Crippen molar-refractivity contribution in [2.45, 2.75) is 38.1 Å². The van der Waals surface area contributed by atoms with E-state index in [4.69, 9.17) is 23.2 Å². The van der Waals surface area contributed by atoms with Crippen LogP contribution in [-0.2, 0) is 6.42 Å². The van der Waals surface area contributed by atoms with Crippen LogP contribution in [-0.4, -0.2) is 23.5 Å². The van der Waals surface area contributed by atoms with E-state index < -0.39 is 0 Å². The van der Waals surface area contributed by atoms with Crippen LogP contribution in [0.25, 0.3) is 0 Å². The van der Waals surface area contributed by atoms with Crippen molar-refractivity contribution in [3.05, 3.63) is 57.8 Å². The SMILES string of the molecule is O=C(NCCc1ccc(Cl)cc1Cl)c1cncc(NC2CCCC2)c1. The van der Waals surface area contributed by atoms with E-state index in [2.05, 4.69) is 15.6 Å². The summed E-state index contributed by atoms with van der Waals surface area (Å²) < 4.78 is 0. The van der Waals surface area contributed by atoms with Crippen molar-refractivity contribution >= 4 is 34.8 Å². The van der Waals surface area contributed by atoms with Gasteiger partial charge in [-0.05, 0) is 43.0 Å². The van der Waals surface area contributed by atoms with Gasteiger partial charge in [0.25, 0.3) is 5.91 Å². The number of hydrogen-bond donors (Lipinski definition) is 2. The molecule has 3 rings (SSSR count). The quantitative estimate of drug-likeness (QED) is 0.765. The van der Waals surface area contributed by atoms with E-state index in [1.165, 1.54) is 25.7 Å². The summed E-state index contributed by atoms with van der Waals surface area (Å²) in [6.45, 7) is 0.500. The van der Waals surface area contributed by atoms with Crippen molar-refractivity contribution < 1.29 is 4.79 Å². The summed E-state index contributed by atoms with van der Waals surface area (Å²) in [5, 5.41) is 7.59. The fourth-order valence-electron chi connectivity index (χ4n) is 3.09. The lowest BCUT2D eigenvalue weighted by Crippen LogP contribution is -2.26. The van der Waals surface area contributed by atoms with Gasteiger partial charge in [-0.1, -0.05) is 42.1 Å². The molecule has 4 nitrogen and oxygen atoms in total. The molecule has 2 aromatic rings. The minimum absolute atomic E-state index is 0.132. The van der Waals surface area contributed by atoms with E-state index in [1.54, 1.807) is 24.5 Å². The number of benzene rings is 1. The first-order valence-electron chi connectivity index (χ1n) is 8.55. The van der Waals surface area contributed by atoms with E-state index in [1.807, 2.05) is 12.1 Å². The van der Waals surface area contributed by atoms with Gasteiger partial charge >= 0.3 is 0 Å². The Kier molecular flexibility index (Phi) is 6.16. The van der Waals surface area contributed by atoms with Crippen molar-refractivity contribution in [1.82, 2.24) is 10.3 Å². The van der Waals surface area contributed by atoms with Crippen LogP contribution in [0.3, 0.4) is 0 Å². The maximum atomic E-state index is 12.3. The molecule has 1 fully saturated rings. The predicted octanol–water partition coefficient (Wildman–Crippen LogP) is 4.72. The number of amides is 1.